The van der Waals surface area contributed by atoms with Crippen LogP contribution >= 0.6 is 0 Å². The third-order valence-electron chi connectivity index (χ3n) is 1.80. The van der Waals surface area contributed by atoms with Gasteiger partial charge in [-0.1, -0.05) is 0 Å². The average molecular weight is 169 g/mol. The molecule has 2 rings (SSSR count). The van der Waals surface area contributed by atoms with Crippen molar-refractivity contribution in [1.29, 1.82) is 0 Å². The third-order valence-corrected chi connectivity index (χ3v) is 1.80. The minimum Gasteiger partial charge on any atom is -0.331 e. The van der Waals surface area contributed by atoms with Gasteiger partial charge in [-0.3, -0.25) is 0 Å². The predicted molar refractivity (Wildman–Crippen MR) is 36.1 cm³/mol. The van der Waals surface area contributed by atoms with Gasteiger partial charge in [-0.25, -0.2) is 9.59 Å². The first kappa shape index (κ1) is 7.30. The minimum atomic E-state index is -0.595. The summed E-state index contributed by atoms with van der Waals surface area (Å²) in [6, 6.07) is 0. The smallest absolute Gasteiger partial charge is 0.331 e. The van der Waals surface area contributed by atoms with Gasteiger partial charge in [-0.05, 0) is 18.8 Å². The standard InChI is InChI=1S/C7H7NO4/c9-6-3-5(4-1-2-4)7(10)12-8-11-6/h3-4,8H,1-2H2. The summed E-state index contributed by atoms with van der Waals surface area (Å²) >= 11 is 0. The highest BCUT2D eigenvalue weighted by Crippen LogP contribution is 2.37. The lowest BCUT2D eigenvalue weighted by molar-refractivity contribution is -0.189. The van der Waals surface area contributed by atoms with Crippen molar-refractivity contribution in [1.82, 2.24) is 5.64 Å². The Balaban J connectivity index is 2.22. The second-order valence-electron chi connectivity index (χ2n) is 2.77. The zero-order chi connectivity index (χ0) is 8.55. The molecule has 0 saturated heterocycles. The van der Waals surface area contributed by atoms with Crippen molar-refractivity contribution in [3.8, 4) is 0 Å². The molecule has 0 aromatic rings. The van der Waals surface area contributed by atoms with Crippen LogP contribution in [0.4, 0.5) is 0 Å². The van der Waals surface area contributed by atoms with Crippen molar-refractivity contribution in [2.24, 2.45) is 5.92 Å². The maximum atomic E-state index is 11.1. The lowest BCUT2D eigenvalue weighted by Crippen LogP contribution is -2.19. The molecule has 64 valence electrons. The molecular formula is C7H7NO4. The Hall–Kier alpha value is -1.36. The lowest BCUT2D eigenvalue weighted by Gasteiger charge is -1.99. The highest BCUT2D eigenvalue weighted by molar-refractivity contribution is 5.97. The van der Waals surface area contributed by atoms with E-state index < -0.39 is 11.9 Å². The van der Waals surface area contributed by atoms with Crippen LogP contribution in [-0.2, 0) is 19.3 Å². The van der Waals surface area contributed by atoms with Crippen LogP contribution in [0.2, 0.25) is 0 Å². The largest absolute Gasteiger partial charge is 0.356 e. The fourth-order valence-electron chi connectivity index (χ4n) is 1.05. The SMILES string of the molecule is O=C1C=C(C2CC2)C(=O)ONO1. The van der Waals surface area contributed by atoms with E-state index in [9.17, 15) is 9.59 Å². The van der Waals surface area contributed by atoms with Crippen LogP contribution in [0, 0.1) is 5.92 Å². The second-order valence-corrected chi connectivity index (χ2v) is 2.77. The molecule has 1 heterocycles. The Morgan fingerprint density at radius 1 is 1.33 bits per heavy atom. The summed E-state index contributed by atoms with van der Waals surface area (Å²) in [4.78, 5) is 30.5. The topological polar surface area (TPSA) is 64.6 Å². The van der Waals surface area contributed by atoms with Gasteiger partial charge in [0.25, 0.3) is 0 Å². The van der Waals surface area contributed by atoms with E-state index in [4.69, 9.17) is 0 Å². The van der Waals surface area contributed by atoms with E-state index in [0.717, 1.165) is 12.8 Å². The Morgan fingerprint density at radius 3 is 2.75 bits per heavy atom. The van der Waals surface area contributed by atoms with E-state index in [1.165, 1.54) is 6.08 Å². The first-order chi connectivity index (χ1) is 5.77. The third kappa shape index (κ3) is 1.31. The summed E-state index contributed by atoms with van der Waals surface area (Å²) in [6.07, 6.45) is 3.06. The molecule has 1 N–H and O–H groups in total. The lowest BCUT2D eigenvalue weighted by atomic mass is 10.1. The van der Waals surface area contributed by atoms with Crippen LogP contribution in [0.15, 0.2) is 11.6 Å². The number of hydrogen-bond acceptors (Lipinski definition) is 5. The molecule has 5 heteroatoms. The zero-order valence-electron chi connectivity index (χ0n) is 6.20. The first-order valence-corrected chi connectivity index (χ1v) is 3.66. The van der Waals surface area contributed by atoms with Gasteiger partial charge in [0, 0.05) is 17.3 Å². The Bertz CT molecular complexity index is 267. The van der Waals surface area contributed by atoms with Crippen molar-refractivity contribution in [3.05, 3.63) is 11.6 Å². The van der Waals surface area contributed by atoms with Crippen LogP contribution in [0.5, 0.6) is 0 Å². The molecule has 0 amide bonds. The van der Waals surface area contributed by atoms with Crippen LogP contribution in [0.1, 0.15) is 12.8 Å². The molecule has 2 aliphatic rings. The molecule has 1 fully saturated rings. The van der Waals surface area contributed by atoms with Crippen LogP contribution in [-0.4, -0.2) is 11.9 Å². The van der Waals surface area contributed by atoms with E-state index in [-0.39, 0.29) is 5.92 Å². The molecule has 12 heavy (non-hydrogen) atoms. The first-order valence-electron chi connectivity index (χ1n) is 3.66. The maximum Gasteiger partial charge on any atom is 0.356 e. The summed E-state index contributed by atoms with van der Waals surface area (Å²) in [7, 11) is 0. The monoisotopic (exact) mass is 169 g/mol. The molecule has 1 aliphatic carbocycles. The highest BCUT2D eigenvalue weighted by atomic mass is 16.9. The zero-order valence-corrected chi connectivity index (χ0v) is 6.20. The fourth-order valence-corrected chi connectivity index (χ4v) is 1.05. The van der Waals surface area contributed by atoms with Gasteiger partial charge < -0.3 is 9.68 Å². The van der Waals surface area contributed by atoms with E-state index in [1.54, 1.807) is 0 Å². The van der Waals surface area contributed by atoms with Crippen LogP contribution < -0.4 is 5.64 Å². The summed E-state index contributed by atoms with van der Waals surface area (Å²) < 4.78 is 0. The maximum absolute atomic E-state index is 11.1. The highest BCUT2D eigenvalue weighted by Gasteiger charge is 2.33. The van der Waals surface area contributed by atoms with Crippen LogP contribution in [0.25, 0.3) is 0 Å². The molecule has 1 saturated carbocycles. The van der Waals surface area contributed by atoms with Gasteiger partial charge in [-0.15, -0.1) is 0 Å². The number of nitrogens with one attached hydrogen (secondary N) is 1. The average Bonchev–Trinajstić information content (AvgIpc) is 2.79. The summed E-state index contributed by atoms with van der Waals surface area (Å²) in [5.74, 6) is -0.934. The Labute approximate surface area is 68.2 Å². The Morgan fingerprint density at radius 2 is 2.08 bits per heavy atom. The van der Waals surface area contributed by atoms with Gasteiger partial charge in [-0.2, -0.15) is 0 Å². The van der Waals surface area contributed by atoms with Gasteiger partial charge in [0.15, 0.2) is 0 Å². The van der Waals surface area contributed by atoms with Crippen molar-refractivity contribution in [3.63, 3.8) is 0 Å². The molecule has 0 bridgehead atoms. The summed E-state index contributed by atoms with van der Waals surface area (Å²) in [5.41, 5.74) is 2.22. The molecule has 0 radical (unpaired) electrons. The van der Waals surface area contributed by atoms with E-state index >= 15 is 0 Å². The van der Waals surface area contributed by atoms with Crippen LogP contribution in [0.3, 0.4) is 0 Å². The van der Waals surface area contributed by atoms with Crippen molar-refractivity contribution < 1.29 is 19.3 Å². The van der Waals surface area contributed by atoms with Gasteiger partial charge in [0.05, 0.1) is 0 Å². The van der Waals surface area contributed by atoms with Gasteiger partial charge >= 0.3 is 11.9 Å². The molecule has 0 unspecified atom stereocenters. The number of hydrogen-bond donors (Lipinski definition) is 1. The quantitative estimate of drug-likeness (QED) is 0.591. The molecule has 0 spiro atoms. The van der Waals surface area contributed by atoms with Crippen molar-refractivity contribution >= 4 is 11.9 Å². The normalized spacial score (nSPS) is 23.8. The Kier molecular flexibility index (Phi) is 1.58. The number of rotatable bonds is 1. The second kappa shape index (κ2) is 2.60. The molecule has 0 atom stereocenters. The molecule has 5 nitrogen and oxygen atoms in total. The minimum absolute atomic E-state index is 0.185. The van der Waals surface area contributed by atoms with E-state index in [1.807, 2.05) is 5.64 Å². The van der Waals surface area contributed by atoms with Crippen molar-refractivity contribution in [2.45, 2.75) is 12.8 Å². The van der Waals surface area contributed by atoms with Crippen molar-refractivity contribution in [2.75, 3.05) is 0 Å². The number of carbonyl (C=O) groups excluding carboxylic acids is 2. The van der Waals surface area contributed by atoms with Gasteiger partial charge in [0.2, 0.25) is 0 Å². The fraction of sp³-hybridized carbons (Fsp3) is 0.429. The molecule has 1 aliphatic heterocycles. The van der Waals surface area contributed by atoms with Gasteiger partial charge in [0.1, 0.15) is 0 Å². The molecule has 0 aromatic carbocycles. The van der Waals surface area contributed by atoms with E-state index in [2.05, 4.69) is 9.68 Å². The molecule has 0 aromatic heterocycles. The number of carbonyl (C=O) groups is 2. The summed E-state index contributed by atoms with van der Waals surface area (Å²) in [6.45, 7) is 0. The van der Waals surface area contributed by atoms with E-state index in [0.29, 0.717) is 5.57 Å². The molecular weight excluding hydrogens is 162 g/mol. The predicted octanol–water partition coefficient (Wildman–Crippen LogP) is -0.158. The summed E-state index contributed by atoms with van der Waals surface area (Å²) in [5, 5.41) is 0.